The van der Waals surface area contributed by atoms with Gasteiger partial charge in [0.1, 0.15) is 5.75 Å². The standard InChI is InChI=1S/C22H23ClN4O2S/c1-3-13-27-21(18-7-5-6-8-19(18)29-4-2)25-26-22(27)30-15-20(28)24-14-16-9-11-17(23)12-10-16/h3,5-12H,1,4,13-15H2,2H3,(H,24,28). The molecule has 0 spiro atoms. The molecular weight excluding hydrogens is 420 g/mol. The van der Waals surface area contributed by atoms with Crippen molar-refractivity contribution in [1.29, 1.82) is 0 Å². The number of benzene rings is 2. The second kappa shape index (κ2) is 10.8. The van der Waals surface area contributed by atoms with Gasteiger partial charge >= 0.3 is 0 Å². The van der Waals surface area contributed by atoms with E-state index in [2.05, 4.69) is 22.1 Å². The van der Waals surface area contributed by atoms with Crippen LogP contribution in [0.1, 0.15) is 12.5 Å². The Morgan fingerprint density at radius 2 is 2.00 bits per heavy atom. The highest BCUT2D eigenvalue weighted by molar-refractivity contribution is 7.99. The van der Waals surface area contributed by atoms with Crippen LogP contribution in [0.4, 0.5) is 0 Å². The average Bonchev–Trinajstić information content (AvgIpc) is 3.15. The van der Waals surface area contributed by atoms with E-state index in [1.165, 1.54) is 11.8 Å². The first-order chi connectivity index (χ1) is 14.6. The molecule has 0 saturated heterocycles. The number of aromatic nitrogens is 3. The SMILES string of the molecule is C=CCn1c(SCC(=O)NCc2ccc(Cl)cc2)nnc1-c1ccccc1OCC. The number of amides is 1. The van der Waals surface area contributed by atoms with Crippen molar-refractivity contribution in [2.75, 3.05) is 12.4 Å². The molecule has 2 aromatic carbocycles. The van der Waals surface area contributed by atoms with E-state index in [0.717, 1.165) is 16.9 Å². The quantitative estimate of drug-likeness (QED) is 0.367. The van der Waals surface area contributed by atoms with Crippen molar-refractivity contribution >= 4 is 29.3 Å². The van der Waals surface area contributed by atoms with Gasteiger partial charge in [-0.3, -0.25) is 9.36 Å². The molecule has 0 aliphatic heterocycles. The zero-order valence-electron chi connectivity index (χ0n) is 16.7. The van der Waals surface area contributed by atoms with Crippen LogP contribution in [-0.4, -0.2) is 33.0 Å². The maximum absolute atomic E-state index is 12.3. The lowest BCUT2D eigenvalue weighted by Gasteiger charge is -2.11. The molecule has 1 amide bonds. The molecule has 0 bridgehead atoms. The maximum Gasteiger partial charge on any atom is 0.230 e. The summed E-state index contributed by atoms with van der Waals surface area (Å²) >= 11 is 7.22. The molecular formula is C22H23ClN4O2S. The van der Waals surface area contributed by atoms with Crippen LogP contribution in [0.3, 0.4) is 0 Å². The van der Waals surface area contributed by atoms with E-state index in [1.807, 2.05) is 47.9 Å². The summed E-state index contributed by atoms with van der Waals surface area (Å²) in [6, 6.07) is 15.1. The number of allylic oxidation sites excluding steroid dienone is 1. The Morgan fingerprint density at radius 1 is 1.23 bits per heavy atom. The lowest BCUT2D eigenvalue weighted by molar-refractivity contribution is -0.118. The molecule has 156 valence electrons. The molecule has 8 heteroatoms. The normalized spacial score (nSPS) is 10.6. The lowest BCUT2D eigenvalue weighted by atomic mass is 10.2. The number of hydrogen-bond donors (Lipinski definition) is 1. The van der Waals surface area contributed by atoms with Crippen molar-refractivity contribution in [1.82, 2.24) is 20.1 Å². The molecule has 0 aliphatic rings. The number of carbonyl (C=O) groups excluding carboxylic acids is 1. The fourth-order valence-electron chi connectivity index (χ4n) is 2.81. The highest BCUT2D eigenvalue weighted by Crippen LogP contribution is 2.31. The van der Waals surface area contributed by atoms with Crippen LogP contribution in [-0.2, 0) is 17.9 Å². The van der Waals surface area contributed by atoms with E-state index in [0.29, 0.717) is 35.7 Å². The largest absolute Gasteiger partial charge is 0.493 e. The van der Waals surface area contributed by atoms with Gasteiger partial charge in [-0.2, -0.15) is 0 Å². The molecule has 30 heavy (non-hydrogen) atoms. The van der Waals surface area contributed by atoms with E-state index < -0.39 is 0 Å². The van der Waals surface area contributed by atoms with Gasteiger partial charge in [0.2, 0.25) is 5.91 Å². The first kappa shape index (κ1) is 21.9. The molecule has 0 unspecified atom stereocenters. The van der Waals surface area contributed by atoms with E-state index in [1.54, 1.807) is 18.2 Å². The second-order valence-corrected chi connectivity index (χ2v) is 7.71. The second-order valence-electron chi connectivity index (χ2n) is 6.33. The van der Waals surface area contributed by atoms with Crippen LogP contribution in [0.5, 0.6) is 5.75 Å². The molecule has 0 fully saturated rings. The van der Waals surface area contributed by atoms with Crippen molar-refractivity contribution in [2.45, 2.75) is 25.2 Å². The molecule has 1 aromatic heterocycles. The summed E-state index contributed by atoms with van der Waals surface area (Å²) < 4.78 is 7.66. The Kier molecular flexibility index (Phi) is 7.93. The molecule has 6 nitrogen and oxygen atoms in total. The van der Waals surface area contributed by atoms with E-state index >= 15 is 0 Å². The van der Waals surface area contributed by atoms with Gasteiger partial charge in [-0.15, -0.1) is 16.8 Å². The number of ether oxygens (including phenoxy) is 1. The van der Waals surface area contributed by atoms with Crippen molar-refractivity contribution in [3.8, 4) is 17.1 Å². The van der Waals surface area contributed by atoms with Crippen molar-refractivity contribution in [2.24, 2.45) is 0 Å². The summed E-state index contributed by atoms with van der Waals surface area (Å²) in [5.41, 5.74) is 1.84. The lowest BCUT2D eigenvalue weighted by Crippen LogP contribution is -2.24. The first-order valence-corrected chi connectivity index (χ1v) is 10.9. The summed E-state index contributed by atoms with van der Waals surface area (Å²) in [7, 11) is 0. The Labute approximate surface area is 185 Å². The summed E-state index contributed by atoms with van der Waals surface area (Å²) in [4.78, 5) is 12.3. The molecule has 0 aliphatic carbocycles. The Hall–Kier alpha value is -2.77. The molecule has 3 aromatic rings. The highest BCUT2D eigenvalue weighted by atomic mass is 35.5. The van der Waals surface area contributed by atoms with Gasteiger partial charge in [0.15, 0.2) is 11.0 Å². The van der Waals surface area contributed by atoms with Gasteiger partial charge in [0, 0.05) is 18.1 Å². The van der Waals surface area contributed by atoms with E-state index in [-0.39, 0.29) is 11.7 Å². The van der Waals surface area contributed by atoms with Gasteiger partial charge in [-0.25, -0.2) is 0 Å². The average molecular weight is 443 g/mol. The monoisotopic (exact) mass is 442 g/mol. The minimum Gasteiger partial charge on any atom is -0.493 e. The molecule has 0 radical (unpaired) electrons. The van der Waals surface area contributed by atoms with Crippen molar-refractivity contribution in [3.05, 3.63) is 71.8 Å². The van der Waals surface area contributed by atoms with Crippen molar-refractivity contribution in [3.63, 3.8) is 0 Å². The first-order valence-electron chi connectivity index (χ1n) is 9.52. The van der Waals surface area contributed by atoms with Crippen LogP contribution in [0.15, 0.2) is 66.3 Å². The fourth-order valence-corrected chi connectivity index (χ4v) is 3.71. The fraction of sp³-hybridized carbons (Fsp3) is 0.227. The zero-order chi connectivity index (χ0) is 21.3. The zero-order valence-corrected chi connectivity index (χ0v) is 18.2. The smallest absolute Gasteiger partial charge is 0.230 e. The Bertz CT molecular complexity index is 1000. The van der Waals surface area contributed by atoms with Gasteiger partial charge in [0.25, 0.3) is 0 Å². The predicted molar refractivity (Wildman–Crippen MR) is 121 cm³/mol. The maximum atomic E-state index is 12.3. The molecule has 0 saturated carbocycles. The number of rotatable bonds is 10. The third-order valence-corrected chi connectivity index (χ3v) is 5.41. The van der Waals surface area contributed by atoms with Crippen LogP contribution in [0.25, 0.3) is 11.4 Å². The van der Waals surface area contributed by atoms with E-state index in [4.69, 9.17) is 16.3 Å². The van der Waals surface area contributed by atoms with Gasteiger partial charge in [-0.1, -0.05) is 53.7 Å². The van der Waals surface area contributed by atoms with Crippen LogP contribution in [0.2, 0.25) is 5.02 Å². The number of nitrogens with zero attached hydrogens (tertiary/aromatic N) is 3. The Balaban J connectivity index is 1.68. The van der Waals surface area contributed by atoms with Crippen LogP contribution >= 0.6 is 23.4 Å². The molecule has 1 N–H and O–H groups in total. The summed E-state index contributed by atoms with van der Waals surface area (Å²) in [6.07, 6.45) is 1.78. The van der Waals surface area contributed by atoms with Gasteiger partial charge < -0.3 is 10.1 Å². The molecule has 3 rings (SSSR count). The number of para-hydroxylation sites is 1. The van der Waals surface area contributed by atoms with Crippen LogP contribution < -0.4 is 10.1 Å². The number of nitrogens with one attached hydrogen (secondary N) is 1. The molecule has 0 atom stereocenters. The minimum absolute atomic E-state index is 0.0839. The van der Waals surface area contributed by atoms with Crippen molar-refractivity contribution < 1.29 is 9.53 Å². The third-order valence-electron chi connectivity index (χ3n) is 4.19. The van der Waals surface area contributed by atoms with Crippen LogP contribution in [0, 0.1) is 0 Å². The predicted octanol–water partition coefficient (Wildman–Crippen LogP) is 4.59. The number of hydrogen-bond acceptors (Lipinski definition) is 5. The van der Waals surface area contributed by atoms with Gasteiger partial charge in [-0.05, 0) is 36.8 Å². The Morgan fingerprint density at radius 3 is 2.73 bits per heavy atom. The topological polar surface area (TPSA) is 69.0 Å². The van der Waals surface area contributed by atoms with Gasteiger partial charge in [0.05, 0.1) is 17.9 Å². The minimum atomic E-state index is -0.0839. The third kappa shape index (κ3) is 5.64. The summed E-state index contributed by atoms with van der Waals surface area (Å²) in [5.74, 6) is 1.58. The number of carbonyl (C=O) groups is 1. The number of thioether (sulfide) groups is 1. The number of halogens is 1. The van der Waals surface area contributed by atoms with E-state index in [9.17, 15) is 4.79 Å². The summed E-state index contributed by atoms with van der Waals surface area (Å²) in [6.45, 7) is 7.30. The highest BCUT2D eigenvalue weighted by Gasteiger charge is 2.17. The summed E-state index contributed by atoms with van der Waals surface area (Å²) in [5, 5.41) is 12.9. The molecule has 1 heterocycles.